The Morgan fingerprint density at radius 1 is 1.35 bits per heavy atom. The molecule has 1 fully saturated rings. The standard InChI is InChI=1S/C19H26N6O/c1-13-14(2)22-17(19(26)24(3)4)23-18(13)25-9-7-16(12-25)21-11-15-6-5-8-20-10-15/h5-6,8,10,16,21H,7,9,11-12H2,1-4H3/t16-/m1/s1. The van der Waals surface area contributed by atoms with E-state index in [1.54, 1.807) is 20.3 Å². The summed E-state index contributed by atoms with van der Waals surface area (Å²) in [4.78, 5) is 29.1. The van der Waals surface area contributed by atoms with Crippen LogP contribution in [-0.4, -0.2) is 59.0 Å². The van der Waals surface area contributed by atoms with Crippen molar-refractivity contribution in [3.63, 3.8) is 0 Å². The molecule has 0 aliphatic carbocycles. The van der Waals surface area contributed by atoms with E-state index in [-0.39, 0.29) is 11.7 Å². The second-order valence-electron chi connectivity index (χ2n) is 6.95. The van der Waals surface area contributed by atoms with Gasteiger partial charge in [-0.05, 0) is 31.9 Å². The maximum Gasteiger partial charge on any atom is 0.291 e. The van der Waals surface area contributed by atoms with Gasteiger partial charge >= 0.3 is 0 Å². The maximum absolute atomic E-state index is 12.3. The molecule has 2 aromatic heterocycles. The van der Waals surface area contributed by atoms with Crippen molar-refractivity contribution in [1.82, 2.24) is 25.2 Å². The molecule has 0 radical (unpaired) electrons. The zero-order valence-electron chi connectivity index (χ0n) is 15.9. The van der Waals surface area contributed by atoms with Crippen LogP contribution in [0.3, 0.4) is 0 Å². The number of carbonyl (C=O) groups is 1. The van der Waals surface area contributed by atoms with E-state index in [4.69, 9.17) is 0 Å². The Hall–Kier alpha value is -2.54. The Balaban J connectivity index is 1.70. The molecule has 26 heavy (non-hydrogen) atoms. The number of rotatable bonds is 5. The summed E-state index contributed by atoms with van der Waals surface area (Å²) < 4.78 is 0. The molecule has 1 atom stereocenters. The van der Waals surface area contributed by atoms with Gasteiger partial charge in [-0.3, -0.25) is 9.78 Å². The molecule has 0 saturated carbocycles. The summed E-state index contributed by atoms with van der Waals surface area (Å²) in [7, 11) is 3.43. The van der Waals surface area contributed by atoms with Crippen molar-refractivity contribution in [2.75, 3.05) is 32.1 Å². The van der Waals surface area contributed by atoms with Crippen molar-refractivity contribution in [1.29, 1.82) is 0 Å². The average molecular weight is 354 g/mol. The summed E-state index contributed by atoms with van der Waals surface area (Å²) in [6.07, 6.45) is 4.71. The molecule has 3 rings (SSSR count). The lowest BCUT2D eigenvalue weighted by molar-refractivity contribution is 0.0815. The van der Waals surface area contributed by atoms with Gasteiger partial charge in [0.2, 0.25) is 5.82 Å². The van der Waals surface area contributed by atoms with Crippen LogP contribution in [-0.2, 0) is 6.54 Å². The molecule has 1 amide bonds. The van der Waals surface area contributed by atoms with E-state index in [2.05, 4.69) is 31.2 Å². The van der Waals surface area contributed by atoms with Crippen molar-refractivity contribution in [2.24, 2.45) is 0 Å². The monoisotopic (exact) mass is 354 g/mol. The number of anilines is 1. The molecule has 0 aromatic carbocycles. The number of nitrogens with zero attached hydrogens (tertiary/aromatic N) is 5. The van der Waals surface area contributed by atoms with Crippen LogP contribution in [0.1, 0.15) is 33.9 Å². The van der Waals surface area contributed by atoms with Crippen LogP contribution in [0.15, 0.2) is 24.5 Å². The summed E-state index contributed by atoms with van der Waals surface area (Å²) in [6, 6.07) is 4.41. The summed E-state index contributed by atoms with van der Waals surface area (Å²) in [5.41, 5.74) is 3.07. The number of nitrogens with one attached hydrogen (secondary N) is 1. The van der Waals surface area contributed by atoms with E-state index in [9.17, 15) is 4.79 Å². The highest BCUT2D eigenvalue weighted by atomic mass is 16.2. The first-order chi connectivity index (χ1) is 12.5. The van der Waals surface area contributed by atoms with Gasteiger partial charge in [-0.1, -0.05) is 6.07 Å². The number of carbonyl (C=O) groups excluding carboxylic acids is 1. The zero-order valence-corrected chi connectivity index (χ0v) is 15.9. The number of aromatic nitrogens is 3. The Morgan fingerprint density at radius 3 is 2.85 bits per heavy atom. The van der Waals surface area contributed by atoms with Crippen molar-refractivity contribution in [2.45, 2.75) is 32.9 Å². The molecule has 3 heterocycles. The van der Waals surface area contributed by atoms with Crippen molar-refractivity contribution >= 4 is 11.7 Å². The normalized spacial score (nSPS) is 16.8. The molecule has 0 bridgehead atoms. The summed E-state index contributed by atoms with van der Waals surface area (Å²) >= 11 is 0. The molecule has 7 nitrogen and oxygen atoms in total. The first-order valence-corrected chi connectivity index (χ1v) is 8.90. The van der Waals surface area contributed by atoms with E-state index < -0.39 is 0 Å². The van der Waals surface area contributed by atoms with Crippen LogP contribution in [0, 0.1) is 13.8 Å². The molecular formula is C19H26N6O. The SMILES string of the molecule is Cc1nc(C(=O)N(C)C)nc(N2CC[C@@H](NCc3cccnc3)C2)c1C. The van der Waals surface area contributed by atoms with Crippen LogP contribution in [0.5, 0.6) is 0 Å². The maximum atomic E-state index is 12.3. The van der Waals surface area contributed by atoms with Crippen molar-refractivity contribution in [3.05, 3.63) is 47.2 Å². The lowest BCUT2D eigenvalue weighted by Crippen LogP contribution is -2.33. The largest absolute Gasteiger partial charge is 0.355 e. The minimum absolute atomic E-state index is 0.167. The Kier molecular flexibility index (Phi) is 5.46. The summed E-state index contributed by atoms with van der Waals surface area (Å²) in [6.45, 7) is 6.54. The number of hydrogen-bond donors (Lipinski definition) is 1. The highest BCUT2D eigenvalue weighted by Crippen LogP contribution is 2.24. The fourth-order valence-corrected chi connectivity index (χ4v) is 3.10. The quantitative estimate of drug-likeness (QED) is 0.878. The van der Waals surface area contributed by atoms with Gasteiger partial charge in [0.1, 0.15) is 5.82 Å². The van der Waals surface area contributed by atoms with E-state index in [0.29, 0.717) is 6.04 Å². The smallest absolute Gasteiger partial charge is 0.291 e. The lowest BCUT2D eigenvalue weighted by atomic mass is 10.2. The summed E-state index contributed by atoms with van der Waals surface area (Å²) in [5.74, 6) is 0.966. The van der Waals surface area contributed by atoms with Gasteiger partial charge in [-0.15, -0.1) is 0 Å². The second-order valence-corrected chi connectivity index (χ2v) is 6.95. The topological polar surface area (TPSA) is 74.2 Å². The molecule has 1 N–H and O–H groups in total. The third-order valence-corrected chi connectivity index (χ3v) is 4.77. The number of pyridine rings is 1. The van der Waals surface area contributed by atoms with E-state index in [1.165, 1.54) is 10.5 Å². The van der Waals surface area contributed by atoms with Crippen LogP contribution in [0.2, 0.25) is 0 Å². The number of aryl methyl sites for hydroxylation is 1. The molecule has 138 valence electrons. The lowest BCUT2D eigenvalue weighted by Gasteiger charge is -2.22. The average Bonchev–Trinajstić information content (AvgIpc) is 3.11. The van der Waals surface area contributed by atoms with Gasteiger partial charge in [0.25, 0.3) is 5.91 Å². The first-order valence-electron chi connectivity index (χ1n) is 8.90. The molecule has 1 aliphatic rings. The number of hydrogen-bond acceptors (Lipinski definition) is 6. The highest BCUT2D eigenvalue weighted by Gasteiger charge is 2.26. The third kappa shape index (κ3) is 3.99. The second kappa shape index (κ2) is 7.78. The van der Waals surface area contributed by atoms with Crippen LogP contribution in [0.4, 0.5) is 5.82 Å². The molecule has 2 aromatic rings. The molecule has 7 heteroatoms. The van der Waals surface area contributed by atoms with Gasteiger partial charge in [0.05, 0.1) is 0 Å². The van der Waals surface area contributed by atoms with Crippen molar-refractivity contribution in [3.8, 4) is 0 Å². The Labute approximate surface area is 154 Å². The summed E-state index contributed by atoms with van der Waals surface area (Å²) in [5, 5.41) is 3.59. The van der Waals surface area contributed by atoms with Crippen molar-refractivity contribution < 1.29 is 4.79 Å². The minimum atomic E-state index is -0.167. The van der Waals surface area contributed by atoms with E-state index in [1.807, 2.05) is 26.1 Å². The van der Waals surface area contributed by atoms with Crippen LogP contribution in [0.25, 0.3) is 0 Å². The van der Waals surface area contributed by atoms with E-state index in [0.717, 1.165) is 43.1 Å². The minimum Gasteiger partial charge on any atom is -0.355 e. The van der Waals surface area contributed by atoms with Crippen LogP contribution >= 0.6 is 0 Å². The molecule has 0 spiro atoms. The van der Waals surface area contributed by atoms with Gasteiger partial charge in [0.15, 0.2) is 0 Å². The van der Waals surface area contributed by atoms with Gasteiger partial charge < -0.3 is 15.1 Å². The molecule has 1 saturated heterocycles. The number of amides is 1. The fraction of sp³-hybridized carbons (Fsp3) is 0.474. The predicted octanol–water partition coefficient (Wildman–Crippen LogP) is 1.56. The first kappa shape index (κ1) is 18.3. The zero-order chi connectivity index (χ0) is 18.7. The molecular weight excluding hydrogens is 328 g/mol. The Morgan fingerprint density at radius 2 is 2.15 bits per heavy atom. The third-order valence-electron chi connectivity index (χ3n) is 4.77. The fourth-order valence-electron chi connectivity index (χ4n) is 3.10. The Bertz CT molecular complexity index is 777. The highest BCUT2D eigenvalue weighted by molar-refractivity contribution is 5.90. The molecule has 1 aliphatic heterocycles. The van der Waals surface area contributed by atoms with Gasteiger partial charge in [0, 0.05) is 63.4 Å². The predicted molar refractivity (Wildman–Crippen MR) is 101 cm³/mol. The van der Waals surface area contributed by atoms with Gasteiger partial charge in [-0.2, -0.15) is 0 Å². The van der Waals surface area contributed by atoms with Crippen LogP contribution < -0.4 is 10.2 Å². The molecule has 0 unspecified atom stereocenters. The van der Waals surface area contributed by atoms with E-state index >= 15 is 0 Å². The van der Waals surface area contributed by atoms with Gasteiger partial charge in [-0.25, -0.2) is 9.97 Å².